The standard InChI is InChI=1S/C24H22O4S/c1-27-23(26)15-29-19-10-7-17(8-11-19)24-20-12-9-18(25)13-22(20)28-14-21(24)16-5-3-2-4-6-16/h2-13,21,24-25H,14-15H2,1H3/t21-,24-/m0/s1. The summed E-state index contributed by atoms with van der Waals surface area (Å²) in [5.41, 5.74) is 3.47. The molecule has 148 valence electrons. The number of ether oxygens (including phenoxy) is 2. The molecule has 0 saturated carbocycles. The molecule has 0 spiro atoms. The van der Waals surface area contributed by atoms with Crippen LogP contribution in [0.3, 0.4) is 0 Å². The molecule has 0 aromatic heterocycles. The van der Waals surface area contributed by atoms with Crippen LogP contribution < -0.4 is 4.74 Å². The Hall–Kier alpha value is -2.92. The van der Waals surface area contributed by atoms with E-state index in [0.29, 0.717) is 12.4 Å². The molecule has 1 aliphatic rings. The summed E-state index contributed by atoms with van der Waals surface area (Å²) in [4.78, 5) is 12.4. The van der Waals surface area contributed by atoms with E-state index in [9.17, 15) is 9.90 Å². The summed E-state index contributed by atoms with van der Waals surface area (Å²) in [6.45, 7) is 0.546. The van der Waals surface area contributed by atoms with Crippen LogP contribution in [0.25, 0.3) is 0 Å². The van der Waals surface area contributed by atoms with Gasteiger partial charge in [-0.15, -0.1) is 11.8 Å². The first kappa shape index (κ1) is 19.4. The summed E-state index contributed by atoms with van der Waals surface area (Å²) < 4.78 is 10.7. The molecule has 0 aliphatic carbocycles. The van der Waals surface area contributed by atoms with E-state index in [1.165, 1.54) is 30.0 Å². The molecule has 1 aliphatic heterocycles. The number of carbonyl (C=O) groups excluding carboxylic acids is 1. The van der Waals surface area contributed by atoms with Crippen molar-refractivity contribution in [2.24, 2.45) is 0 Å². The number of phenolic OH excluding ortho intramolecular Hbond substituents is 1. The monoisotopic (exact) mass is 406 g/mol. The zero-order valence-electron chi connectivity index (χ0n) is 16.1. The molecule has 4 nitrogen and oxygen atoms in total. The molecule has 0 fully saturated rings. The van der Waals surface area contributed by atoms with Gasteiger partial charge < -0.3 is 14.6 Å². The molecule has 0 radical (unpaired) electrons. The van der Waals surface area contributed by atoms with Crippen LogP contribution in [0.4, 0.5) is 0 Å². The van der Waals surface area contributed by atoms with Crippen LogP contribution >= 0.6 is 11.8 Å². The zero-order valence-corrected chi connectivity index (χ0v) is 16.9. The van der Waals surface area contributed by atoms with Gasteiger partial charge in [-0.05, 0) is 29.3 Å². The molecule has 4 rings (SSSR count). The number of methoxy groups -OCH3 is 1. The minimum atomic E-state index is -0.235. The van der Waals surface area contributed by atoms with Gasteiger partial charge in [0.05, 0.1) is 19.5 Å². The Labute approximate surface area is 174 Å². The van der Waals surface area contributed by atoms with Crippen LogP contribution in [0.2, 0.25) is 0 Å². The predicted molar refractivity (Wildman–Crippen MR) is 114 cm³/mol. The lowest BCUT2D eigenvalue weighted by Gasteiger charge is -2.34. The molecule has 0 amide bonds. The molecule has 1 N–H and O–H groups in total. The van der Waals surface area contributed by atoms with Crippen molar-refractivity contribution in [3.05, 3.63) is 89.5 Å². The van der Waals surface area contributed by atoms with Crippen LogP contribution in [0.5, 0.6) is 11.5 Å². The van der Waals surface area contributed by atoms with Crippen LogP contribution in [0.15, 0.2) is 77.7 Å². The molecule has 3 aromatic carbocycles. The predicted octanol–water partition coefficient (Wildman–Crippen LogP) is 4.97. The SMILES string of the molecule is COC(=O)CSc1ccc([C@H]2c3ccc(O)cc3OC[C@H]2c2ccccc2)cc1. The second-order valence-electron chi connectivity index (χ2n) is 6.96. The second kappa shape index (κ2) is 8.62. The summed E-state index contributed by atoms with van der Waals surface area (Å²) in [5.74, 6) is 1.27. The maximum absolute atomic E-state index is 11.4. The molecule has 2 atom stereocenters. The van der Waals surface area contributed by atoms with Gasteiger partial charge in [0.2, 0.25) is 0 Å². The van der Waals surface area contributed by atoms with Crippen molar-refractivity contribution in [2.45, 2.75) is 16.7 Å². The Bertz CT molecular complexity index is 986. The number of thioether (sulfide) groups is 1. The summed E-state index contributed by atoms with van der Waals surface area (Å²) >= 11 is 1.46. The van der Waals surface area contributed by atoms with Crippen LogP contribution in [0, 0.1) is 0 Å². The van der Waals surface area contributed by atoms with Crippen molar-refractivity contribution >= 4 is 17.7 Å². The van der Waals surface area contributed by atoms with E-state index in [-0.39, 0.29) is 23.6 Å². The molecule has 29 heavy (non-hydrogen) atoms. The fourth-order valence-electron chi connectivity index (χ4n) is 3.77. The summed E-state index contributed by atoms with van der Waals surface area (Å²) in [5, 5.41) is 9.87. The van der Waals surface area contributed by atoms with E-state index in [1.807, 2.05) is 36.4 Å². The smallest absolute Gasteiger partial charge is 0.315 e. The topological polar surface area (TPSA) is 55.8 Å². The van der Waals surface area contributed by atoms with Crippen LogP contribution in [-0.2, 0) is 9.53 Å². The molecule has 0 unspecified atom stereocenters. The molecule has 1 heterocycles. The largest absolute Gasteiger partial charge is 0.508 e. The highest BCUT2D eigenvalue weighted by Gasteiger charge is 2.33. The van der Waals surface area contributed by atoms with E-state index in [1.54, 1.807) is 12.1 Å². The van der Waals surface area contributed by atoms with E-state index < -0.39 is 0 Å². The van der Waals surface area contributed by atoms with E-state index in [0.717, 1.165) is 16.2 Å². The van der Waals surface area contributed by atoms with Gasteiger partial charge >= 0.3 is 5.97 Å². The highest BCUT2D eigenvalue weighted by molar-refractivity contribution is 8.00. The van der Waals surface area contributed by atoms with Gasteiger partial charge in [0.15, 0.2) is 0 Å². The highest BCUT2D eigenvalue weighted by Crippen LogP contribution is 2.47. The van der Waals surface area contributed by atoms with Gasteiger partial charge in [-0.3, -0.25) is 4.79 Å². The Morgan fingerprint density at radius 3 is 2.55 bits per heavy atom. The third-order valence-electron chi connectivity index (χ3n) is 5.20. The Balaban J connectivity index is 1.68. The number of phenols is 1. The van der Waals surface area contributed by atoms with Gasteiger partial charge in [-0.2, -0.15) is 0 Å². The quantitative estimate of drug-likeness (QED) is 0.479. The Kier molecular flexibility index (Phi) is 5.76. The fraction of sp³-hybridized carbons (Fsp3) is 0.208. The Morgan fingerprint density at radius 1 is 1.07 bits per heavy atom. The van der Waals surface area contributed by atoms with E-state index >= 15 is 0 Å². The normalized spacial score (nSPS) is 17.8. The lowest BCUT2D eigenvalue weighted by molar-refractivity contribution is -0.137. The minimum Gasteiger partial charge on any atom is -0.508 e. The number of hydrogen-bond acceptors (Lipinski definition) is 5. The first-order valence-electron chi connectivity index (χ1n) is 9.46. The van der Waals surface area contributed by atoms with Crippen LogP contribution in [-0.4, -0.2) is 30.5 Å². The summed E-state index contributed by atoms with van der Waals surface area (Å²) in [6, 6.07) is 24.0. The molecule has 3 aromatic rings. The number of fused-ring (bicyclic) bond motifs is 1. The first-order valence-corrected chi connectivity index (χ1v) is 10.4. The van der Waals surface area contributed by atoms with Crippen molar-refractivity contribution in [1.82, 2.24) is 0 Å². The maximum Gasteiger partial charge on any atom is 0.315 e. The summed E-state index contributed by atoms with van der Waals surface area (Å²) in [7, 11) is 1.40. The lowest BCUT2D eigenvalue weighted by atomic mass is 9.76. The van der Waals surface area contributed by atoms with Crippen LogP contribution in [0.1, 0.15) is 28.5 Å². The molecule has 0 bridgehead atoms. The summed E-state index contributed by atoms with van der Waals surface area (Å²) in [6.07, 6.45) is 0. The Morgan fingerprint density at radius 2 is 1.83 bits per heavy atom. The van der Waals surface area contributed by atoms with Crippen molar-refractivity contribution in [2.75, 3.05) is 19.5 Å². The van der Waals surface area contributed by atoms with E-state index in [4.69, 9.17) is 9.47 Å². The number of hydrogen-bond donors (Lipinski definition) is 1. The average molecular weight is 407 g/mol. The van der Waals surface area contributed by atoms with Crippen molar-refractivity contribution in [3.8, 4) is 11.5 Å². The molecule has 5 heteroatoms. The number of benzene rings is 3. The van der Waals surface area contributed by atoms with Gasteiger partial charge in [0.1, 0.15) is 11.5 Å². The highest BCUT2D eigenvalue weighted by atomic mass is 32.2. The van der Waals surface area contributed by atoms with Crippen molar-refractivity contribution in [1.29, 1.82) is 0 Å². The molecule has 0 saturated heterocycles. The number of rotatable bonds is 5. The van der Waals surface area contributed by atoms with Crippen molar-refractivity contribution in [3.63, 3.8) is 0 Å². The van der Waals surface area contributed by atoms with Crippen molar-refractivity contribution < 1.29 is 19.4 Å². The minimum absolute atomic E-state index is 0.112. The third-order valence-corrected chi connectivity index (χ3v) is 6.19. The van der Waals surface area contributed by atoms with Gasteiger partial charge in [-0.25, -0.2) is 0 Å². The number of esters is 1. The van der Waals surface area contributed by atoms with Gasteiger partial charge in [-0.1, -0.05) is 48.5 Å². The fourth-order valence-corrected chi connectivity index (χ4v) is 4.50. The lowest BCUT2D eigenvalue weighted by Crippen LogP contribution is -2.25. The molecular weight excluding hydrogens is 384 g/mol. The van der Waals surface area contributed by atoms with Gasteiger partial charge in [0.25, 0.3) is 0 Å². The molecular formula is C24H22O4S. The third kappa shape index (κ3) is 4.25. The second-order valence-corrected chi connectivity index (χ2v) is 8.01. The van der Waals surface area contributed by atoms with Gasteiger partial charge in [0, 0.05) is 28.4 Å². The van der Waals surface area contributed by atoms with E-state index in [2.05, 4.69) is 24.3 Å². The number of aromatic hydroxyl groups is 1. The maximum atomic E-state index is 11.4. The first-order chi connectivity index (χ1) is 14.2. The number of carbonyl (C=O) groups is 1. The zero-order chi connectivity index (χ0) is 20.2. The average Bonchev–Trinajstić information content (AvgIpc) is 2.77.